The highest BCUT2D eigenvalue weighted by Crippen LogP contribution is 2.29. The molecule has 0 spiro atoms. The maximum atomic E-state index is 12.5. The molecule has 0 aliphatic heterocycles. The molecular formula is C21H20ClN3O4S. The number of carbonyl (C=O) groups is 2. The molecule has 30 heavy (non-hydrogen) atoms. The van der Waals surface area contributed by atoms with E-state index in [0.717, 1.165) is 5.56 Å². The van der Waals surface area contributed by atoms with Crippen molar-refractivity contribution in [2.75, 3.05) is 13.7 Å². The molecule has 0 aliphatic carbocycles. The second kappa shape index (κ2) is 9.60. The summed E-state index contributed by atoms with van der Waals surface area (Å²) in [6, 6.07) is 12.0. The molecule has 1 aromatic heterocycles. The Labute approximate surface area is 183 Å². The quantitative estimate of drug-likeness (QED) is 0.553. The number of nitrogens with zero attached hydrogens (tertiary/aromatic N) is 1. The summed E-state index contributed by atoms with van der Waals surface area (Å²) < 4.78 is 10.7. The molecule has 0 saturated carbocycles. The molecule has 0 fully saturated rings. The van der Waals surface area contributed by atoms with Gasteiger partial charge in [-0.2, -0.15) is 0 Å². The fourth-order valence-electron chi connectivity index (χ4n) is 2.65. The Morgan fingerprint density at radius 1 is 1.07 bits per heavy atom. The molecule has 0 atom stereocenters. The van der Waals surface area contributed by atoms with Gasteiger partial charge in [-0.05, 0) is 44.2 Å². The van der Waals surface area contributed by atoms with Crippen molar-refractivity contribution in [1.29, 1.82) is 0 Å². The summed E-state index contributed by atoms with van der Waals surface area (Å²) >= 11 is 7.15. The van der Waals surface area contributed by atoms with E-state index in [-0.39, 0.29) is 0 Å². The number of ether oxygens (including phenoxy) is 2. The third kappa shape index (κ3) is 4.90. The van der Waals surface area contributed by atoms with Gasteiger partial charge in [0.25, 0.3) is 11.8 Å². The lowest BCUT2D eigenvalue weighted by Crippen LogP contribution is -2.41. The van der Waals surface area contributed by atoms with Crippen molar-refractivity contribution in [3.63, 3.8) is 0 Å². The summed E-state index contributed by atoms with van der Waals surface area (Å²) in [7, 11) is 1.49. The summed E-state index contributed by atoms with van der Waals surface area (Å²) in [4.78, 5) is 29.8. The number of rotatable bonds is 6. The molecule has 156 valence electrons. The average Bonchev–Trinajstić information content (AvgIpc) is 3.14. The monoisotopic (exact) mass is 445 g/mol. The van der Waals surface area contributed by atoms with E-state index in [1.807, 2.05) is 19.1 Å². The van der Waals surface area contributed by atoms with Crippen LogP contribution in [0, 0.1) is 6.92 Å². The number of thiazole rings is 1. The van der Waals surface area contributed by atoms with Crippen LogP contribution in [0.4, 0.5) is 0 Å². The number of carbonyl (C=O) groups excluding carboxylic acids is 2. The Hall–Kier alpha value is -3.10. The van der Waals surface area contributed by atoms with Crippen LogP contribution in [0.2, 0.25) is 5.02 Å². The molecule has 2 N–H and O–H groups in total. The van der Waals surface area contributed by atoms with Crippen LogP contribution in [0.25, 0.3) is 10.6 Å². The van der Waals surface area contributed by atoms with Crippen molar-refractivity contribution in [3.8, 4) is 22.1 Å². The van der Waals surface area contributed by atoms with Crippen molar-refractivity contribution in [2.24, 2.45) is 0 Å². The van der Waals surface area contributed by atoms with E-state index in [2.05, 4.69) is 15.8 Å². The predicted octanol–water partition coefficient (Wildman–Crippen LogP) is 4.25. The molecule has 0 unspecified atom stereocenters. The van der Waals surface area contributed by atoms with Gasteiger partial charge in [-0.25, -0.2) is 4.98 Å². The van der Waals surface area contributed by atoms with Gasteiger partial charge < -0.3 is 9.47 Å². The molecule has 0 saturated heterocycles. The number of hydrogen-bond donors (Lipinski definition) is 2. The largest absolute Gasteiger partial charge is 0.493 e. The highest BCUT2D eigenvalue weighted by Gasteiger charge is 2.18. The first kappa shape index (κ1) is 21.6. The number of aromatic nitrogens is 1. The summed E-state index contributed by atoms with van der Waals surface area (Å²) in [6.07, 6.45) is 0. The van der Waals surface area contributed by atoms with Gasteiger partial charge in [0.15, 0.2) is 11.5 Å². The number of aryl methyl sites for hydroxylation is 1. The van der Waals surface area contributed by atoms with E-state index in [0.29, 0.717) is 44.3 Å². The number of methoxy groups -OCH3 is 1. The SMILES string of the molecule is CCOc1ccc(C(=O)NNC(=O)c2sc(-c3ccc(Cl)cc3)nc2C)cc1OC. The van der Waals surface area contributed by atoms with Crippen molar-refractivity contribution in [1.82, 2.24) is 15.8 Å². The summed E-state index contributed by atoms with van der Waals surface area (Å²) in [5.74, 6) is 0.0404. The van der Waals surface area contributed by atoms with Gasteiger partial charge in [-0.15, -0.1) is 11.3 Å². The van der Waals surface area contributed by atoms with Gasteiger partial charge in [0, 0.05) is 16.1 Å². The Bertz CT molecular complexity index is 1070. The van der Waals surface area contributed by atoms with Crippen molar-refractivity contribution in [2.45, 2.75) is 13.8 Å². The molecule has 0 bridgehead atoms. The van der Waals surface area contributed by atoms with E-state index in [9.17, 15) is 9.59 Å². The number of hydrazine groups is 1. The van der Waals surface area contributed by atoms with E-state index in [1.165, 1.54) is 18.4 Å². The van der Waals surface area contributed by atoms with E-state index in [1.54, 1.807) is 37.3 Å². The first-order valence-electron chi connectivity index (χ1n) is 9.07. The molecule has 7 nitrogen and oxygen atoms in total. The Kier molecular flexibility index (Phi) is 6.91. The van der Waals surface area contributed by atoms with E-state index >= 15 is 0 Å². The molecule has 3 aromatic rings. The second-order valence-electron chi connectivity index (χ2n) is 6.15. The molecule has 1 heterocycles. The Morgan fingerprint density at radius 2 is 1.77 bits per heavy atom. The van der Waals surface area contributed by atoms with Gasteiger partial charge in [0.05, 0.1) is 19.4 Å². The lowest BCUT2D eigenvalue weighted by molar-refractivity contribution is 0.0848. The Morgan fingerprint density at radius 3 is 2.43 bits per heavy atom. The van der Waals surface area contributed by atoms with Crippen LogP contribution in [0.1, 0.15) is 32.6 Å². The summed E-state index contributed by atoms with van der Waals surface area (Å²) in [6.45, 7) is 4.07. The van der Waals surface area contributed by atoms with Crippen molar-refractivity contribution >= 4 is 34.8 Å². The van der Waals surface area contributed by atoms with Crippen LogP contribution in [0.15, 0.2) is 42.5 Å². The standard InChI is InChI=1S/C21H20ClN3O4S/c1-4-29-16-10-7-14(11-17(16)28-3)19(26)24-25-20(27)18-12(2)23-21(30-18)13-5-8-15(22)9-6-13/h5-11H,4H2,1-3H3,(H,24,26)(H,25,27). The first-order chi connectivity index (χ1) is 14.4. The normalized spacial score (nSPS) is 10.4. The average molecular weight is 446 g/mol. The smallest absolute Gasteiger partial charge is 0.281 e. The molecule has 3 rings (SSSR count). The number of benzene rings is 2. The van der Waals surface area contributed by atoms with Crippen LogP contribution in [-0.4, -0.2) is 30.5 Å². The minimum Gasteiger partial charge on any atom is -0.493 e. The zero-order chi connectivity index (χ0) is 21.7. The molecule has 0 aliphatic rings. The lowest BCUT2D eigenvalue weighted by atomic mass is 10.2. The van der Waals surface area contributed by atoms with E-state index < -0.39 is 11.8 Å². The number of hydrogen-bond acceptors (Lipinski definition) is 6. The number of nitrogens with one attached hydrogen (secondary N) is 2. The summed E-state index contributed by atoms with van der Waals surface area (Å²) in [5.41, 5.74) is 6.58. The maximum absolute atomic E-state index is 12.5. The zero-order valence-electron chi connectivity index (χ0n) is 16.6. The van der Waals surface area contributed by atoms with Crippen molar-refractivity contribution in [3.05, 3.63) is 63.6 Å². The zero-order valence-corrected chi connectivity index (χ0v) is 18.2. The van der Waals surface area contributed by atoms with Gasteiger partial charge in [-0.1, -0.05) is 23.7 Å². The third-order valence-corrected chi connectivity index (χ3v) is 5.57. The number of halogens is 1. The molecule has 9 heteroatoms. The maximum Gasteiger partial charge on any atom is 0.281 e. The third-order valence-electron chi connectivity index (χ3n) is 4.11. The van der Waals surface area contributed by atoms with Gasteiger partial charge >= 0.3 is 0 Å². The fraction of sp³-hybridized carbons (Fsp3) is 0.190. The van der Waals surface area contributed by atoms with Crippen LogP contribution in [0.5, 0.6) is 11.5 Å². The van der Waals surface area contributed by atoms with Crippen molar-refractivity contribution < 1.29 is 19.1 Å². The van der Waals surface area contributed by atoms with Crippen LogP contribution < -0.4 is 20.3 Å². The molecule has 0 radical (unpaired) electrons. The highest BCUT2D eigenvalue weighted by atomic mass is 35.5. The van der Waals surface area contributed by atoms with Crippen LogP contribution in [0.3, 0.4) is 0 Å². The van der Waals surface area contributed by atoms with Gasteiger partial charge in [0.2, 0.25) is 0 Å². The lowest BCUT2D eigenvalue weighted by Gasteiger charge is -2.11. The van der Waals surface area contributed by atoms with Crippen LogP contribution in [-0.2, 0) is 0 Å². The highest BCUT2D eigenvalue weighted by molar-refractivity contribution is 7.17. The van der Waals surface area contributed by atoms with E-state index in [4.69, 9.17) is 21.1 Å². The second-order valence-corrected chi connectivity index (χ2v) is 7.58. The fourth-order valence-corrected chi connectivity index (χ4v) is 3.74. The predicted molar refractivity (Wildman–Crippen MR) is 116 cm³/mol. The minimum atomic E-state index is -0.482. The number of amides is 2. The topological polar surface area (TPSA) is 89.6 Å². The van der Waals surface area contributed by atoms with Gasteiger partial charge in [-0.3, -0.25) is 20.4 Å². The minimum absolute atomic E-state index is 0.318. The Balaban J connectivity index is 1.68. The van der Waals surface area contributed by atoms with Crippen LogP contribution >= 0.6 is 22.9 Å². The molecule has 2 amide bonds. The van der Waals surface area contributed by atoms with Gasteiger partial charge in [0.1, 0.15) is 9.88 Å². The first-order valence-corrected chi connectivity index (χ1v) is 10.3. The molecular weight excluding hydrogens is 426 g/mol. The molecule has 2 aromatic carbocycles. The summed E-state index contributed by atoms with van der Waals surface area (Å²) in [5, 5.41) is 1.32.